The standard InChI is InChI=1S/C14H25NO5/c1-5-19-12(17)9-6-7-11(16)10(8-9)15-13(18)20-14(2,3)4/h9-11,16H,5-8H2,1-4H3,(H,15,18)/t9-,10?,11+/m1/s1. The molecule has 0 aromatic rings. The first-order valence-electron chi connectivity index (χ1n) is 7.07. The molecule has 0 radical (unpaired) electrons. The van der Waals surface area contributed by atoms with Crippen LogP contribution in [0.1, 0.15) is 47.0 Å². The first-order valence-corrected chi connectivity index (χ1v) is 7.07. The lowest BCUT2D eigenvalue weighted by atomic mass is 9.84. The first-order chi connectivity index (χ1) is 9.23. The fourth-order valence-corrected chi connectivity index (χ4v) is 2.24. The highest BCUT2D eigenvalue weighted by atomic mass is 16.6. The lowest BCUT2D eigenvalue weighted by Crippen LogP contribution is -2.49. The quantitative estimate of drug-likeness (QED) is 0.770. The van der Waals surface area contributed by atoms with Crippen LogP contribution in [0.15, 0.2) is 0 Å². The van der Waals surface area contributed by atoms with E-state index < -0.39 is 23.8 Å². The highest BCUT2D eigenvalue weighted by molar-refractivity contribution is 5.73. The van der Waals surface area contributed by atoms with E-state index in [1.165, 1.54) is 0 Å². The zero-order valence-corrected chi connectivity index (χ0v) is 12.6. The van der Waals surface area contributed by atoms with Crippen molar-refractivity contribution in [2.24, 2.45) is 5.92 Å². The zero-order valence-electron chi connectivity index (χ0n) is 12.6. The fourth-order valence-electron chi connectivity index (χ4n) is 2.24. The van der Waals surface area contributed by atoms with Crippen LogP contribution >= 0.6 is 0 Å². The highest BCUT2D eigenvalue weighted by Crippen LogP contribution is 2.26. The maximum atomic E-state index is 11.7. The molecule has 0 aromatic carbocycles. The van der Waals surface area contributed by atoms with Crippen molar-refractivity contribution in [2.45, 2.75) is 64.7 Å². The predicted octanol–water partition coefficient (Wildman–Crippen LogP) is 1.60. The Morgan fingerprint density at radius 2 is 1.95 bits per heavy atom. The number of hydrogen-bond donors (Lipinski definition) is 2. The summed E-state index contributed by atoms with van der Waals surface area (Å²) >= 11 is 0. The van der Waals surface area contributed by atoms with Gasteiger partial charge >= 0.3 is 12.1 Å². The number of hydrogen-bond acceptors (Lipinski definition) is 5. The lowest BCUT2D eigenvalue weighted by Gasteiger charge is -2.33. The van der Waals surface area contributed by atoms with Crippen LogP contribution in [0.25, 0.3) is 0 Å². The second-order valence-electron chi connectivity index (χ2n) is 6.08. The van der Waals surface area contributed by atoms with Gasteiger partial charge < -0.3 is 19.9 Å². The molecule has 0 spiro atoms. The Bertz CT molecular complexity index is 350. The van der Waals surface area contributed by atoms with Gasteiger partial charge in [-0.05, 0) is 47.0 Å². The van der Waals surface area contributed by atoms with E-state index in [4.69, 9.17) is 9.47 Å². The maximum Gasteiger partial charge on any atom is 0.407 e. The van der Waals surface area contributed by atoms with Gasteiger partial charge in [-0.15, -0.1) is 0 Å². The van der Waals surface area contributed by atoms with Crippen LogP contribution < -0.4 is 5.32 Å². The topological polar surface area (TPSA) is 84.9 Å². The van der Waals surface area contributed by atoms with Crippen LogP contribution in [0, 0.1) is 5.92 Å². The van der Waals surface area contributed by atoms with Gasteiger partial charge in [0.1, 0.15) is 5.60 Å². The van der Waals surface area contributed by atoms with Crippen molar-refractivity contribution in [1.82, 2.24) is 5.32 Å². The smallest absolute Gasteiger partial charge is 0.407 e. The molecule has 1 amide bonds. The molecule has 0 heterocycles. The van der Waals surface area contributed by atoms with Gasteiger partial charge in [0.15, 0.2) is 0 Å². The number of aliphatic hydroxyl groups is 1. The average molecular weight is 287 g/mol. The molecule has 116 valence electrons. The van der Waals surface area contributed by atoms with E-state index in [0.29, 0.717) is 25.9 Å². The van der Waals surface area contributed by atoms with Crippen LogP contribution in [0.2, 0.25) is 0 Å². The predicted molar refractivity (Wildman–Crippen MR) is 73.1 cm³/mol. The zero-order chi connectivity index (χ0) is 15.3. The van der Waals surface area contributed by atoms with E-state index in [0.717, 1.165) is 0 Å². The van der Waals surface area contributed by atoms with Crippen molar-refractivity contribution < 1.29 is 24.2 Å². The van der Waals surface area contributed by atoms with E-state index in [9.17, 15) is 14.7 Å². The van der Waals surface area contributed by atoms with Gasteiger partial charge in [-0.2, -0.15) is 0 Å². The second kappa shape index (κ2) is 6.92. The molecule has 6 heteroatoms. The Kier molecular flexibility index (Phi) is 5.80. The summed E-state index contributed by atoms with van der Waals surface area (Å²) in [6.45, 7) is 7.40. The molecule has 6 nitrogen and oxygen atoms in total. The minimum Gasteiger partial charge on any atom is -0.466 e. The van der Waals surface area contributed by atoms with Crippen molar-refractivity contribution in [3.05, 3.63) is 0 Å². The summed E-state index contributed by atoms with van der Waals surface area (Å²) in [6, 6.07) is -0.479. The van der Waals surface area contributed by atoms with Crippen LogP contribution in [-0.2, 0) is 14.3 Å². The van der Waals surface area contributed by atoms with Gasteiger partial charge in [-0.1, -0.05) is 0 Å². The molecule has 20 heavy (non-hydrogen) atoms. The van der Waals surface area contributed by atoms with E-state index in [2.05, 4.69) is 5.32 Å². The number of carbonyl (C=O) groups excluding carboxylic acids is 2. The number of alkyl carbamates (subject to hydrolysis) is 1. The number of nitrogens with one attached hydrogen (secondary N) is 1. The van der Waals surface area contributed by atoms with E-state index in [1.54, 1.807) is 27.7 Å². The average Bonchev–Trinajstić information content (AvgIpc) is 2.29. The molecule has 2 N–H and O–H groups in total. The number of rotatable bonds is 3. The number of esters is 1. The molecule has 1 saturated carbocycles. The van der Waals surface area contributed by atoms with Gasteiger partial charge in [0.05, 0.1) is 24.7 Å². The molecule has 0 saturated heterocycles. The van der Waals surface area contributed by atoms with Crippen molar-refractivity contribution in [3.63, 3.8) is 0 Å². The third-order valence-corrected chi connectivity index (χ3v) is 3.14. The van der Waals surface area contributed by atoms with Crippen molar-refractivity contribution in [3.8, 4) is 0 Å². The fraction of sp³-hybridized carbons (Fsp3) is 0.857. The third-order valence-electron chi connectivity index (χ3n) is 3.14. The Morgan fingerprint density at radius 1 is 1.30 bits per heavy atom. The first kappa shape index (κ1) is 16.8. The second-order valence-corrected chi connectivity index (χ2v) is 6.08. The summed E-state index contributed by atoms with van der Waals surface area (Å²) < 4.78 is 10.1. The molecule has 0 aromatic heterocycles. The van der Waals surface area contributed by atoms with Crippen LogP contribution in [0.5, 0.6) is 0 Å². The molecule has 0 aliphatic heterocycles. The molecule has 1 aliphatic rings. The molecular formula is C14H25NO5. The van der Waals surface area contributed by atoms with Gasteiger partial charge in [-0.25, -0.2) is 4.79 Å². The van der Waals surface area contributed by atoms with Gasteiger partial charge in [0, 0.05) is 0 Å². The number of amides is 1. The lowest BCUT2D eigenvalue weighted by molar-refractivity contribution is -0.150. The molecular weight excluding hydrogens is 262 g/mol. The Morgan fingerprint density at radius 3 is 2.50 bits per heavy atom. The van der Waals surface area contributed by atoms with Gasteiger partial charge in [0.25, 0.3) is 0 Å². The molecule has 1 unspecified atom stereocenters. The van der Waals surface area contributed by atoms with Gasteiger partial charge in [0.2, 0.25) is 0 Å². The summed E-state index contributed by atoms with van der Waals surface area (Å²) in [5.41, 5.74) is -0.593. The Balaban J connectivity index is 2.54. The summed E-state index contributed by atoms with van der Waals surface area (Å²) in [5.74, 6) is -0.548. The monoisotopic (exact) mass is 287 g/mol. The number of aliphatic hydroxyl groups excluding tert-OH is 1. The van der Waals surface area contributed by atoms with Crippen molar-refractivity contribution in [2.75, 3.05) is 6.61 Å². The maximum absolute atomic E-state index is 11.7. The van der Waals surface area contributed by atoms with E-state index in [-0.39, 0.29) is 11.9 Å². The molecule has 3 atom stereocenters. The largest absolute Gasteiger partial charge is 0.466 e. The van der Waals surface area contributed by atoms with E-state index >= 15 is 0 Å². The van der Waals surface area contributed by atoms with Crippen LogP contribution in [-0.4, -0.2) is 41.5 Å². The van der Waals surface area contributed by atoms with Crippen LogP contribution in [0.4, 0.5) is 4.79 Å². The normalized spacial score (nSPS) is 26.8. The minimum atomic E-state index is -0.659. The minimum absolute atomic E-state index is 0.268. The van der Waals surface area contributed by atoms with E-state index in [1.807, 2.05) is 0 Å². The third kappa shape index (κ3) is 5.36. The van der Waals surface area contributed by atoms with Gasteiger partial charge in [-0.3, -0.25) is 4.79 Å². The number of ether oxygens (including phenoxy) is 2. The SMILES string of the molecule is CCOC(=O)[C@@H]1CC[C@H](O)C(NC(=O)OC(C)(C)C)C1. The molecule has 0 bridgehead atoms. The van der Waals surface area contributed by atoms with Crippen LogP contribution in [0.3, 0.4) is 0 Å². The molecule has 1 rings (SSSR count). The van der Waals surface area contributed by atoms with Crippen molar-refractivity contribution in [1.29, 1.82) is 0 Å². The highest BCUT2D eigenvalue weighted by Gasteiger charge is 2.35. The summed E-state index contributed by atoms with van der Waals surface area (Å²) in [5, 5.41) is 12.6. The Labute approximate surface area is 119 Å². The van der Waals surface area contributed by atoms with Crippen molar-refractivity contribution >= 4 is 12.1 Å². The number of carbonyl (C=O) groups is 2. The summed E-state index contributed by atoms with van der Waals surface area (Å²) in [6.07, 6.45) is 0.176. The summed E-state index contributed by atoms with van der Waals surface area (Å²) in [7, 11) is 0. The summed E-state index contributed by atoms with van der Waals surface area (Å²) in [4.78, 5) is 23.4. The molecule has 1 fully saturated rings. The Hall–Kier alpha value is -1.30. The molecule has 1 aliphatic carbocycles.